The maximum atomic E-state index is 5.68. The summed E-state index contributed by atoms with van der Waals surface area (Å²) >= 11 is 0. The Hall–Kier alpha value is -2.62. The van der Waals surface area contributed by atoms with Gasteiger partial charge in [-0.2, -0.15) is 0 Å². The van der Waals surface area contributed by atoms with E-state index in [0.29, 0.717) is 17.7 Å². The minimum atomic E-state index is 0.265. The van der Waals surface area contributed by atoms with Crippen LogP contribution in [-0.2, 0) is 6.61 Å². The third-order valence-electron chi connectivity index (χ3n) is 3.40. The highest BCUT2D eigenvalue weighted by molar-refractivity contribution is 5.51. The van der Waals surface area contributed by atoms with Crippen LogP contribution in [0.3, 0.4) is 0 Å². The third-order valence-corrected chi connectivity index (χ3v) is 3.40. The molecule has 1 heterocycles. The van der Waals surface area contributed by atoms with Gasteiger partial charge in [-0.05, 0) is 35.7 Å². The molecule has 0 spiro atoms. The summed E-state index contributed by atoms with van der Waals surface area (Å²) in [5.41, 5.74) is 2.19. The average Bonchev–Trinajstić information content (AvgIpc) is 3.03. The van der Waals surface area contributed by atoms with Crippen molar-refractivity contribution < 1.29 is 9.15 Å². The largest absolute Gasteiger partial charge is 0.484 e. The van der Waals surface area contributed by atoms with Crippen LogP contribution in [0.1, 0.15) is 31.2 Å². The zero-order valence-corrected chi connectivity index (χ0v) is 12.7. The number of rotatable bonds is 5. The molecule has 0 bridgehead atoms. The number of hydrogen-bond acceptors (Lipinski definition) is 4. The van der Waals surface area contributed by atoms with Gasteiger partial charge in [0.25, 0.3) is 5.89 Å². The smallest absolute Gasteiger partial charge is 0.254 e. The molecule has 0 saturated carbocycles. The van der Waals surface area contributed by atoms with Crippen LogP contribution in [-0.4, -0.2) is 10.2 Å². The Morgan fingerprint density at radius 3 is 2.36 bits per heavy atom. The second-order valence-electron chi connectivity index (χ2n) is 5.38. The highest BCUT2D eigenvalue weighted by Crippen LogP contribution is 2.20. The molecular formula is C18H18N2O2. The van der Waals surface area contributed by atoms with E-state index >= 15 is 0 Å². The highest BCUT2D eigenvalue weighted by atomic mass is 16.5. The van der Waals surface area contributed by atoms with Crippen LogP contribution in [0, 0.1) is 0 Å². The molecule has 2 aromatic carbocycles. The third kappa shape index (κ3) is 3.34. The van der Waals surface area contributed by atoms with Gasteiger partial charge in [-0.25, -0.2) is 0 Å². The summed E-state index contributed by atoms with van der Waals surface area (Å²) in [6.45, 7) is 4.60. The van der Waals surface area contributed by atoms with E-state index in [0.717, 1.165) is 11.3 Å². The molecule has 112 valence electrons. The molecular weight excluding hydrogens is 276 g/mol. The van der Waals surface area contributed by atoms with Crippen molar-refractivity contribution in [1.82, 2.24) is 10.2 Å². The van der Waals surface area contributed by atoms with Crippen LogP contribution in [0.4, 0.5) is 0 Å². The summed E-state index contributed by atoms with van der Waals surface area (Å²) < 4.78 is 11.3. The summed E-state index contributed by atoms with van der Waals surface area (Å²) in [5, 5.41) is 8.05. The van der Waals surface area contributed by atoms with Gasteiger partial charge in [-0.15, -0.1) is 10.2 Å². The van der Waals surface area contributed by atoms with Crippen LogP contribution in [0.25, 0.3) is 11.5 Å². The first-order valence-electron chi connectivity index (χ1n) is 7.33. The monoisotopic (exact) mass is 294 g/mol. The van der Waals surface area contributed by atoms with E-state index in [-0.39, 0.29) is 6.61 Å². The second kappa shape index (κ2) is 6.43. The number of benzene rings is 2. The first-order valence-corrected chi connectivity index (χ1v) is 7.33. The summed E-state index contributed by atoms with van der Waals surface area (Å²) in [5.74, 6) is 2.28. The molecule has 0 amide bonds. The SMILES string of the molecule is CC(C)c1ccc(OCc2nnc(-c3ccccc3)o2)cc1. The molecule has 4 nitrogen and oxygen atoms in total. The fraction of sp³-hybridized carbons (Fsp3) is 0.222. The quantitative estimate of drug-likeness (QED) is 0.698. The van der Waals surface area contributed by atoms with Crippen LogP contribution >= 0.6 is 0 Å². The molecule has 0 saturated heterocycles. The zero-order chi connectivity index (χ0) is 15.4. The van der Waals surface area contributed by atoms with Gasteiger partial charge in [0, 0.05) is 5.56 Å². The predicted molar refractivity (Wildman–Crippen MR) is 84.6 cm³/mol. The van der Waals surface area contributed by atoms with Crippen molar-refractivity contribution in [3.05, 3.63) is 66.1 Å². The second-order valence-corrected chi connectivity index (χ2v) is 5.38. The van der Waals surface area contributed by atoms with E-state index in [1.54, 1.807) is 0 Å². The number of hydrogen-bond donors (Lipinski definition) is 0. The van der Waals surface area contributed by atoms with Gasteiger partial charge in [0.2, 0.25) is 5.89 Å². The van der Waals surface area contributed by atoms with Gasteiger partial charge in [-0.3, -0.25) is 0 Å². The van der Waals surface area contributed by atoms with E-state index in [1.165, 1.54) is 5.56 Å². The molecule has 1 aromatic heterocycles. The standard InChI is InChI=1S/C18H18N2O2/c1-13(2)14-8-10-16(11-9-14)21-12-17-19-20-18(22-17)15-6-4-3-5-7-15/h3-11,13H,12H2,1-2H3. The Kier molecular flexibility index (Phi) is 4.19. The molecule has 4 heteroatoms. The fourth-order valence-corrected chi connectivity index (χ4v) is 2.10. The van der Waals surface area contributed by atoms with E-state index in [2.05, 4.69) is 36.2 Å². The molecule has 0 aliphatic carbocycles. The van der Waals surface area contributed by atoms with Gasteiger partial charge in [0.15, 0.2) is 6.61 Å². The van der Waals surface area contributed by atoms with Gasteiger partial charge in [0.05, 0.1) is 0 Å². The lowest BCUT2D eigenvalue weighted by Crippen LogP contribution is -1.96. The molecule has 22 heavy (non-hydrogen) atoms. The van der Waals surface area contributed by atoms with Crippen LogP contribution < -0.4 is 4.74 Å². The van der Waals surface area contributed by atoms with Crippen LogP contribution in [0.2, 0.25) is 0 Å². The van der Waals surface area contributed by atoms with Crippen LogP contribution in [0.15, 0.2) is 59.0 Å². The van der Waals surface area contributed by atoms with Crippen molar-refractivity contribution in [2.45, 2.75) is 26.4 Å². The average molecular weight is 294 g/mol. The van der Waals surface area contributed by atoms with E-state index < -0.39 is 0 Å². The summed E-state index contributed by atoms with van der Waals surface area (Å²) in [7, 11) is 0. The number of nitrogens with zero attached hydrogens (tertiary/aromatic N) is 2. The van der Waals surface area contributed by atoms with Gasteiger partial charge in [0.1, 0.15) is 5.75 Å². The van der Waals surface area contributed by atoms with Crippen molar-refractivity contribution in [3.8, 4) is 17.2 Å². The van der Waals surface area contributed by atoms with E-state index in [4.69, 9.17) is 9.15 Å². The first kappa shape index (κ1) is 14.3. The Labute approximate surface area is 129 Å². The van der Waals surface area contributed by atoms with Crippen LogP contribution in [0.5, 0.6) is 5.75 Å². The van der Waals surface area contributed by atoms with E-state index in [1.807, 2.05) is 42.5 Å². The lowest BCUT2D eigenvalue weighted by Gasteiger charge is -2.07. The summed E-state index contributed by atoms with van der Waals surface area (Å²) in [6.07, 6.45) is 0. The summed E-state index contributed by atoms with van der Waals surface area (Å²) in [6, 6.07) is 17.8. The Bertz CT molecular complexity index is 718. The topological polar surface area (TPSA) is 48.2 Å². The van der Waals surface area contributed by atoms with E-state index in [9.17, 15) is 0 Å². The number of ether oxygens (including phenoxy) is 1. The van der Waals surface area contributed by atoms with Crippen molar-refractivity contribution in [1.29, 1.82) is 0 Å². The maximum absolute atomic E-state index is 5.68. The van der Waals surface area contributed by atoms with Crippen molar-refractivity contribution in [2.75, 3.05) is 0 Å². The minimum absolute atomic E-state index is 0.265. The predicted octanol–water partition coefficient (Wildman–Crippen LogP) is 4.44. The minimum Gasteiger partial charge on any atom is -0.484 e. The lowest BCUT2D eigenvalue weighted by molar-refractivity contribution is 0.264. The maximum Gasteiger partial charge on any atom is 0.254 e. The molecule has 0 radical (unpaired) electrons. The van der Waals surface area contributed by atoms with Gasteiger partial charge in [-0.1, -0.05) is 44.2 Å². The molecule has 0 unspecified atom stereocenters. The summed E-state index contributed by atoms with van der Waals surface area (Å²) in [4.78, 5) is 0. The number of aromatic nitrogens is 2. The zero-order valence-electron chi connectivity index (χ0n) is 12.7. The van der Waals surface area contributed by atoms with Crippen molar-refractivity contribution in [2.24, 2.45) is 0 Å². The molecule has 3 rings (SSSR count). The Morgan fingerprint density at radius 1 is 0.955 bits per heavy atom. The normalized spacial score (nSPS) is 10.9. The van der Waals surface area contributed by atoms with Gasteiger partial charge < -0.3 is 9.15 Å². The highest BCUT2D eigenvalue weighted by Gasteiger charge is 2.08. The Balaban J connectivity index is 1.63. The van der Waals surface area contributed by atoms with Crippen molar-refractivity contribution in [3.63, 3.8) is 0 Å². The molecule has 0 N–H and O–H groups in total. The van der Waals surface area contributed by atoms with Crippen molar-refractivity contribution >= 4 is 0 Å². The lowest BCUT2D eigenvalue weighted by atomic mass is 10.0. The molecule has 0 atom stereocenters. The first-order chi connectivity index (χ1) is 10.7. The molecule has 0 fully saturated rings. The van der Waals surface area contributed by atoms with Gasteiger partial charge >= 0.3 is 0 Å². The Morgan fingerprint density at radius 2 is 1.68 bits per heavy atom. The molecule has 3 aromatic rings. The molecule has 0 aliphatic heterocycles. The molecule has 0 aliphatic rings. The fourth-order valence-electron chi connectivity index (χ4n) is 2.10.